The van der Waals surface area contributed by atoms with Crippen molar-refractivity contribution >= 4 is 40.7 Å². The first-order valence-electron chi connectivity index (χ1n) is 8.16. The molecule has 0 saturated carbocycles. The number of carbonyl (C=O) groups is 3. The van der Waals surface area contributed by atoms with Crippen LogP contribution in [0.25, 0.3) is 0 Å². The van der Waals surface area contributed by atoms with Crippen LogP contribution in [0.5, 0.6) is 0 Å². The highest BCUT2D eigenvalue weighted by Gasteiger charge is 2.47. The number of amides is 3. The van der Waals surface area contributed by atoms with Crippen molar-refractivity contribution in [3.8, 4) is 0 Å². The zero-order valence-electron chi connectivity index (χ0n) is 14.2. The third-order valence-corrected chi connectivity index (χ3v) is 4.91. The number of rotatable bonds is 4. The molecule has 1 aliphatic heterocycles. The minimum absolute atomic E-state index is 0.256. The number of benzene rings is 1. The molecule has 132 valence electrons. The van der Waals surface area contributed by atoms with Crippen molar-refractivity contribution in [1.82, 2.24) is 4.90 Å². The van der Waals surface area contributed by atoms with Gasteiger partial charge in [-0.1, -0.05) is 29.8 Å². The lowest BCUT2D eigenvalue weighted by Crippen LogP contribution is -2.38. The Hall–Kier alpha value is -2.34. The van der Waals surface area contributed by atoms with Crippen LogP contribution in [-0.4, -0.2) is 43.3 Å². The van der Waals surface area contributed by atoms with E-state index in [2.05, 4.69) is 5.32 Å². The van der Waals surface area contributed by atoms with Crippen molar-refractivity contribution in [1.29, 1.82) is 0 Å². The molecule has 2 unspecified atom stereocenters. The molecular formula is C18H20ClN3O3. The van der Waals surface area contributed by atoms with Crippen LogP contribution in [0.4, 0.5) is 11.4 Å². The highest BCUT2D eigenvalue weighted by atomic mass is 35.5. The molecule has 0 radical (unpaired) electrons. The number of hydrogen-bond acceptors (Lipinski definition) is 4. The summed E-state index contributed by atoms with van der Waals surface area (Å²) >= 11 is 6.19. The number of carbonyl (C=O) groups excluding carboxylic acids is 3. The lowest BCUT2D eigenvalue weighted by Gasteiger charge is -2.20. The smallest absolute Gasteiger partial charge is 0.244 e. The first-order valence-corrected chi connectivity index (χ1v) is 8.54. The number of allylic oxidation sites excluding steroid dienone is 2. The first kappa shape index (κ1) is 17.5. The van der Waals surface area contributed by atoms with Crippen LogP contribution in [-0.2, 0) is 14.4 Å². The Bertz CT molecular complexity index is 734. The molecule has 2 atom stereocenters. The fourth-order valence-corrected chi connectivity index (χ4v) is 3.77. The van der Waals surface area contributed by atoms with E-state index in [1.807, 2.05) is 26.2 Å². The van der Waals surface area contributed by atoms with Crippen molar-refractivity contribution in [3.05, 3.63) is 35.4 Å². The van der Waals surface area contributed by atoms with Crippen LogP contribution in [0.2, 0.25) is 5.02 Å². The molecule has 3 amide bonds. The third-order valence-electron chi connectivity index (χ3n) is 4.61. The Labute approximate surface area is 151 Å². The van der Waals surface area contributed by atoms with E-state index in [0.29, 0.717) is 29.2 Å². The van der Waals surface area contributed by atoms with Crippen molar-refractivity contribution in [2.24, 2.45) is 11.8 Å². The summed E-state index contributed by atoms with van der Waals surface area (Å²) in [5.41, 5.74) is 1.22. The summed E-state index contributed by atoms with van der Waals surface area (Å²) in [5, 5.41) is 3.26. The fraction of sp³-hybridized carbons (Fsp3) is 0.389. The largest absolute Gasteiger partial charge is 0.375 e. The van der Waals surface area contributed by atoms with Crippen LogP contribution < -0.4 is 10.2 Å². The molecule has 0 spiro atoms. The molecule has 6 nitrogen and oxygen atoms in total. The molecule has 0 aromatic heterocycles. The number of imide groups is 1. The number of fused-ring (bicyclic) bond motifs is 1. The summed E-state index contributed by atoms with van der Waals surface area (Å²) in [4.78, 5) is 40.2. The average Bonchev–Trinajstić information content (AvgIpc) is 2.80. The zero-order valence-corrected chi connectivity index (χ0v) is 14.9. The Morgan fingerprint density at radius 1 is 1.20 bits per heavy atom. The van der Waals surface area contributed by atoms with Crippen molar-refractivity contribution < 1.29 is 14.4 Å². The van der Waals surface area contributed by atoms with Gasteiger partial charge in [0.2, 0.25) is 17.7 Å². The molecule has 3 rings (SSSR count). The number of para-hydroxylation sites is 1. The van der Waals surface area contributed by atoms with E-state index >= 15 is 0 Å². The molecule has 1 fully saturated rings. The zero-order chi connectivity index (χ0) is 18.1. The molecule has 2 aliphatic rings. The summed E-state index contributed by atoms with van der Waals surface area (Å²) in [6, 6.07) is 5.20. The minimum Gasteiger partial charge on any atom is -0.375 e. The number of nitrogens with zero attached hydrogens (tertiary/aromatic N) is 2. The molecule has 1 aromatic carbocycles. The highest BCUT2D eigenvalue weighted by molar-refractivity contribution is 6.34. The summed E-state index contributed by atoms with van der Waals surface area (Å²) in [5.74, 6) is -1.58. The SMILES string of the molecule is CN(C)c1c(Cl)cccc1NC(=O)CN1C(=O)C2CC=CCC2C1=O. The minimum atomic E-state index is -0.418. The normalized spacial score (nSPS) is 22.1. The van der Waals surface area contributed by atoms with Crippen LogP contribution in [0.1, 0.15) is 12.8 Å². The van der Waals surface area contributed by atoms with Gasteiger partial charge < -0.3 is 10.2 Å². The molecule has 1 N–H and O–H groups in total. The monoisotopic (exact) mass is 361 g/mol. The maximum absolute atomic E-state index is 12.4. The number of nitrogens with one attached hydrogen (secondary N) is 1. The lowest BCUT2D eigenvalue weighted by molar-refractivity contribution is -0.142. The summed E-state index contributed by atoms with van der Waals surface area (Å²) < 4.78 is 0. The van der Waals surface area contributed by atoms with Crippen LogP contribution in [0, 0.1) is 11.8 Å². The maximum atomic E-state index is 12.4. The molecule has 7 heteroatoms. The predicted octanol–water partition coefficient (Wildman–Crippen LogP) is 2.30. The third kappa shape index (κ3) is 3.26. The van der Waals surface area contributed by atoms with Gasteiger partial charge in [-0.2, -0.15) is 0 Å². The van der Waals surface area contributed by atoms with Gasteiger partial charge in [-0.05, 0) is 25.0 Å². The van der Waals surface area contributed by atoms with E-state index in [-0.39, 0.29) is 30.2 Å². The number of likely N-dealkylation sites (tertiary alicyclic amines) is 1. The second-order valence-electron chi connectivity index (χ2n) is 6.50. The Balaban J connectivity index is 1.73. The van der Waals surface area contributed by atoms with Gasteiger partial charge in [-0.3, -0.25) is 19.3 Å². The lowest BCUT2D eigenvalue weighted by atomic mass is 9.85. The number of hydrogen-bond donors (Lipinski definition) is 1. The van der Waals surface area contributed by atoms with Gasteiger partial charge in [0.1, 0.15) is 6.54 Å². The average molecular weight is 362 g/mol. The molecule has 1 heterocycles. The van der Waals surface area contributed by atoms with Gasteiger partial charge in [0.05, 0.1) is 28.2 Å². The molecule has 1 aliphatic carbocycles. The van der Waals surface area contributed by atoms with Crippen molar-refractivity contribution in [2.75, 3.05) is 30.9 Å². The molecular weight excluding hydrogens is 342 g/mol. The summed E-state index contributed by atoms with van der Waals surface area (Å²) in [6.07, 6.45) is 4.97. The molecule has 25 heavy (non-hydrogen) atoms. The van der Waals surface area contributed by atoms with Gasteiger partial charge in [0, 0.05) is 14.1 Å². The van der Waals surface area contributed by atoms with Crippen LogP contribution >= 0.6 is 11.6 Å². The van der Waals surface area contributed by atoms with E-state index in [0.717, 1.165) is 4.90 Å². The first-order chi connectivity index (χ1) is 11.9. The van der Waals surface area contributed by atoms with Crippen LogP contribution in [0.3, 0.4) is 0 Å². The summed E-state index contributed by atoms with van der Waals surface area (Å²) in [7, 11) is 3.64. The second kappa shape index (κ2) is 6.88. The van der Waals surface area contributed by atoms with Gasteiger partial charge in [-0.15, -0.1) is 0 Å². The van der Waals surface area contributed by atoms with Crippen molar-refractivity contribution in [3.63, 3.8) is 0 Å². The van der Waals surface area contributed by atoms with Crippen LogP contribution in [0.15, 0.2) is 30.4 Å². The van der Waals surface area contributed by atoms with Gasteiger partial charge in [-0.25, -0.2) is 0 Å². The quantitative estimate of drug-likeness (QED) is 0.660. The van der Waals surface area contributed by atoms with Gasteiger partial charge in [0.15, 0.2) is 0 Å². The highest BCUT2D eigenvalue weighted by Crippen LogP contribution is 2.35. The van der Waals surface area contributed by atoms with E-state index in [1.54, 1.807) is 23.1 Å². The standard InChI is InChI=1S/C18H20ClN3O3/c1-21(2)16-13(19)8-5-9-14(16)20-15(23)10-22-17(24)11-6-3-4-7-12(11)18(22)25/h3-5,8-9,11-12H,6-7,10H2,1-2H3,(H,20,23). The van der Waals surface area contributed by atoms with E-state index < -0.39 is 5.91 Å². The molecule has 1 aromatic rings. The van der Waals surface area contributed by atoms with E-state index in [1.165, 1.54) is 0 Å². The molecule has 1 saturated heterocycles. The Kier molecular flexibility index (Phi) is 4.81. The Morgan fingerprint density at radius 3 is 2.36 bits per heavy atom. The second-order valence-corrected chi connectivity index (χ2v) is 6.90. The number of anilines is 2. The maximum Gasteiger partial charge on any atom is 0.244 e. The predicted molar refractivity (Wildman–Crippen MR) is 96.5 cm³/mol. The van der Waals surface area contributed by atoms with Crippen molar-refractivity contribution in [2.45, 2.75) is 12.8 Å². The van der Waals surface area contributed by atoms with Gasteiger partial charge >= 0.3 is 0 Å². The fourth-order valence-electron chi connectivity index (χ4n) is 3.43. The molecule has 0 bridgehead atoms. The topological polar surface area (TPSA) is 69.7 Å². The van der Waals surface area contributed by atoms with E-state index in [9.17, 15) is 14.4 Å². The van der Waals surface area contributed by atoms with E-state index in [4.69, 9.17) is 11.6 Å². The van der Waals surface area contributed by atoms with Gasteiger partial charge in [0.25, 0.3) is 0 Å². The number of halogens is 1. The summed E-state index contributed by atoms with van der Waals surface area (Å²) in [6.45, 7) is -0.274. The Morgan fingerprint density at radius 2 is 1.80 bits per heavy atom.